The number of rotatable bonds is 5. The van der Waals surface area contributed by atoms with Gasteiger partial charge in [-0.15, -0.1) is 0 Å². The third-order valence-corrected chi connectivity index (χ3v) is 6.51. The number of carbonyl (C=O) groups is 4. The van der Waals surface area contributed by atoms with Gasteiger partial charge in [-0.25, -0.2) is 9.69 Å². The first kappa shape index (κ1) is 21.5. The van der Waals surface area contributed by atoms with Crippen molar-refractivity contribution >= 4 is 23.8 Å². The van der Waals surface area contributed by atoms with Crippen LogP contribution >= 0.6 is 0 Å². The molecule has 3 saturated heterocycles. The Bertz CT molecular complexity index is 827. The molecule has 8 nitrogen and oxygen atoms in total. The molecule has 3 fully saturated rings. The third kappa shape index (κ3) is 4.79. The Morgan fingerprint density at radius 3 is 2.06 bits per heavy atom. The first-order chi connectivity index (χ1) is 15.0. The Balaban J connectivity index is 1.30. The average molecular weight is 427 g/mol. The van der Waals surface area contributed by atoms with Crippen LogP contribution in [0.15, 0.2) is 30.3 Å². The van der Waals surface area contributed by atoms with Gasteiger partial charge in [0.25, 0.3) is 0 Å². The van der Waals surface area contributed by atoms with E-state index in [4.69, 9.17) is 0 Å². The van der Waals surface area contributed by atoms with E-state index in [2.05, 4.69) is 0 Å². The van der Waals surface area contributed by atoms with Gasteiger partial charge in [0.1, 0.15) is 0 Å². The lowest BCUT2D eigenvalue weighted by atomic mass is 9.95. The van der Waals surface area contributed by atoms with Gasteiger partial charge in [-0.3, -0.25) is 24.2 Å². The van der Waals surface area contributed by atoms with Crippen molar-refractivity contribution in [1.82, 2.24) is 19.6 Å². The quantitative estimate of drug-likeness (QED) is 0.532. The van der Waals surface area contributed by atoms with Crippen molar-refractivity contribution in [3.05, 3.63) is 35.9 Å². The summed E-state index contributed by atoms with van der Waals surface area (Å²) in [5, 5.41) is 0. The van der Waals surface area contributed by atoms with E-state index in [0.717, 1.165) is 41.3 Å². The lowest BCUT2D eigenvalue weighted by molar-refractivity contribution is -0.144. The minimum absolute atomic E-state index is 0.00976. The predicted octanol–water partition coefficient (Wildman–Crippen LogP) is 2.05. The number of nitrogens with zero attached hydrogens (tertiary/aromatic N) is 4. The second-order valence-electron chi connectivity index (χ2n) is 8.67. The van der Waals surface area contributed by atoms with Gasteiger partial charge in [0.15, 0.2) is 0 Å². The van der Waals surface area contributed by atoms with Gasteiger partial charge in [0.2, 0.25) is 5.91 Å². The highest BCUT2D eigenvalue weighted by molar-refractivity contribution is 6.44. The summed E-state index contributed by atoms with van der Waals surface area (Å²) in [6.45, 7) is 3.17. The molecule has 0 unspecified atom stereocenters. The van der Waals surface area contributed by atoms with Crippen molar-refractivity contribution in [2.75, 3.05) is 32.8 Å². The van der Waals surface area contributed by atoms with Gasteiger partial charge in [-0.05, 0) is 31.2 Å². The van der Waals surface area contributed by atoms with Crippen LogP contribution in [0.25, 0.3) is 0 Å². The smallest absolute Gasteiger partial charge is 0.335 e. The number of hydrogen-bond donors (Lipinski definition) is 0. The molecule has 3 aliphatic heterocycles. The fraction of sp³-hybridized carbons (Fsp3) is 0.565. The summed E-state index contributed by atoms with van der Waals surface area (Å²) < 4.78 is 0. The number of imide groups is 2. The van der Waals surface area contributed by atoms with E-state index >= 15 is 0 Å². The van der Waals surface area contributed by atoms with Crippen LogP contribution in [0.5, 0.6) is 0 Å². The number of piperidine rings is 1. The second-order valence-corrected chi connectivity index (χ2v) is 8.67. The average Bonchev–Trinajstić information content (AvgIpc) is 3.01. The highest BCUT2D eigenvalue weighted by atomic mass is 16.2. The summed E-state index contributed by atoms with van der Waals surface area (Å²) in [6, 6.07) is 8.59. The van der Waals surface area contributed by atoms with Crippen LogP contribution in [0.1, 0.15) is 44.1 Å². The molecule has 5 amide bonds. The zero-order valence-corrected chi connectivity index (χ0v) is 17.9. The maximum atomic E-state index is 12.9. The first-order valence-corrected chi connectivity index (χ1v) is 11.3. The lowest BCUT2D eigenvalue weighted by Gasteiger charge is -2.35. The standard InChI is InChI=1S/C23H30N4O4/c28-20(25-12-6-1-2-7-13-25)19-10-14-24(15-11-19)17-27-22(30)21(29)26(23(27)31)16-18-8-4-3-5-9-18/h3-5,8-9,19H,1-2,6-7,10-17H2. The molecule has 0 aliphatic carbocycles. The van der Waals surface area contributed by atoms with Crippen LogP contribution in [0, 0.1) is 5.92 Å². The zero-order chi connectivity index (χ0) is 21.8. The van der Waals surface area contributed by atoms with Crippen LogP contribution in [0.4, 0.5) is 4.79 Å². The van der Waals surface area contributed by atoms with E-state index in [0.29, 0.717) is 25.9 Å². The molecule has 1 aromatic carbocycles. The lowest BCUT2D eigenvalue weighted by Crippen LogP contribution is -2.47. The molecule has 3 aliphatic rings. The molecule has 0 spiro atoms. The fourth-order valence-corrected chi connectivity index (χ4v) is 4.65. The molecular weight excluding hydrogens is 396 g/mol. The van der Waals surface area contributed by atoms with Gasteiger partial charge in [0, 0.05) is 32.1 Å². The van der Waals surface area contributed by atoms with E-state index in [1.54, 1.807) is 0 Å². The molecule has 31 heavy (non-hydrogen) atoms. The van der Waals surface area contributed by atoms with E-state index < -0.39 is 17.8 Å². The molecule has 0 N–H and O–H groups in total. The van der Waals surface area contributed by atoms with Crippen molar-refractivity contribution in [3.63, 3.8) is 0 Å². The Morgan fingerprint density at radius 2 is 1.42 bits per heavy atom. The number of benzene rings is 1. The summed E-state index contributed by atoms with van der Waals surface area (Å²) in [5.41, 5.74) is 0.798. The molecule has 8 heteroatoms. The minimum atomic E-state index is -0.778. The monoisotopic (exact) mass is 426 g/mol. The van der Waals surface area contributed by atoms with Crippen molar-refractivity contribution in [3.8, 4) is 0 Å². The molecule has 0 bridgehead atoms. The Morgan fingerprint density at radius 1 is 0.806 bits per heavy atom. The number of carbonyl (C=O) groups excluding carboxylic acids is 4. The van der Waals surface area contributed by atoms with E-state index in [9.17, 15) is 19.2 Å². The second kappa shape index (κ2) is 9.60. The van der Waals surface area contributed by atoms with Crippen LogP contribution in [0.3, 0.4) is 0 Å². The van der Waals surface area contributed by atoms with Crippen LogP contribution < -0.4 is 0 Å². The van der Waals surface area contributed by atoms with Gasteiger partial charge in [-0.1, -0.05) is 43.2 Å². The molecule has 1 aromatic rings. The molecule has 4 rings (SSSR count). The van der Waals surface area contributed by atoms with Gasteiger partial charge >= 0.3 is 17.8 Å². The van der Waals surface area contributed by atoms with Crippen molar-refractivity contribution in [2.24, 2.45) is 5.92 Å². The third-order valence-electron chi connectivity index (χ3n) is 6.51. The van der Waals surface area contributed by atoms with Crippen molar-refractivity contribution in [1.29, 1.82) is 0 Å². The summed E-state index contributed by atoms with van der Waals surface area (Å²) >= 11 is 0. The SMILES string of the molecule is O=C(C1CCN(CN2C(=O)C(=O)N(Cc3ccccc3)C2=O)CC1)N1CCCCCC1. The van der Waals surface area contributed by atoms with Crippen molar-refractivity contribution < 1.29 is 19.2 Å². The van der Waals surface area contributed by atoms with Crippen LogP contribution in [0.2, 0.25) is 0 Å². The highest BCUT2D eigenvalue weighted by Gasteiger charge is 2.45. The molecule has 3 heterocycles. The summed E-state index contributed by atoms with van der Waals surface area (Å²) in [6.07, 6.45) is 5.98. The van der Waals surface area contributed by atoms with E-state index in [1.807, 2.05) is 40.1 Å². The number of urea groups is 1. The maximum absolute atomic E-state index is 12.9. The summed E-state index contributed by atoms with van der Waals surface area (Å²) in [4.78, 5) is 56.4. The normalized spacial score (nSPS) is 21.7. The van der Waals surface area contributed by atoms with Crippen LogP contribution in [-0.2, 0) is 20.9 Å². The maximum Gasteiger partial charge on any atom is 0.335 e. The Hall–Kier alpha value is -2.74. The van der Waals surface area contributed by atoms with Crippen molar-refractivity contribution in [2.45, 2.75) is 45.1 Å². The number of likely N-dealkylation sites (tertiary alicyclic amines) is 2. The Labute approximate surface area is 182 Å². The minimum Gasteiger partial charge on any atom is -0.342 e. The number of amides is 5. The van der Waals surface area contributed by atoms with E-state index in [-0.39, 0.29) is 25.0 Å². The van der Waals surface area contributed by atoms with Crippen LogP contribution in [-0.4, -0.2) is 76.2 Å². The molecule has 0 radical (unpaired) electrons. The first-order valence-electron chi connectivity index (χ1n) is 11.3. The number of hydrogen-bond acceptors (Lipinski definition) is 5. The van der Waals surface area contributed by atoms with Gasteiger partial charge in [-0.2, -0.15) is 0 Å². The molecular formula is C23H30N4O4. The topological polar surface area (TPSA) is 81.2 Å². The predicted molar refractivity (Wildman–Crippen MR) is 113 cm³/mol. The summed E-state index contributed by atoms with van der Waals surface area (Å²) in [7, 11) is 0. The molecule has 0 atom stereocenters. The largest absolute Gasteiger partial charge is 0.342 e. The van der Waals surface area contributed by atoms with Gasteiger partial charge < -0.3 is 4.90 Å². The molecule has 0 saturated carbocycles. The van der Waals surface area contributed by atoms with Gasteiger partial charge in [0.05, 0.1) is 13.2 Å². The fourth-order valence-electron chi connectivity index (χ4n) is 4.65. The Kier molecular flexibility index (Phi) is 6.65. The zero-order valence-electron chi connectivity index (χ0n) is 17.9. The summed E-state index contributed by atoms with van der Waals surface area (Å²) in [5.74, 6) is -1.29. The van der Waals surface area contributed by atoms with E-state index in [1.165, 1.54) is 12.8 Å². The highest BCUT2D eigenvalue weighted by Crippen LogP contribution is 2.23. The molecule has 166 valence electrons. The molecule has 0 aromatic heterocycles.